The summed E-state index contributed by atoms with van der Waals surface area (Å²) in [6.45, 7) is 8.34. The number of rotatable bonds is 1. The van der Waals surface area contributed by atoms with Crippen LogP contribution in [-0.2, 0) is 6.42 Å². The topological polar surface area (TPSA) is 21.3 Å². The molecule has 1 N–H and O–H groups in total. The van der Waals surface area contributed by atoms with Gasteiger partial charge in [0.2, 0.25) is 0 Å². The number of aryl methyl sites for hydroxylation is 1. The highest BCUT2D eigenvalue weighted by Crippen LogP contribution is 2.32. The number of fused-ring (bicyclic) bond motifs is 1. The molecule has 0 unspecified atom stereocenters. The number of nitrogens with one attached hydrogen (secondary N) is 1. The Hall–Kier alpha value is -1.18. The van der Waals surface area contributed by atoms with Gasteiger partial charge < -0.3 is 10.1 Å². The lowest BCUT2D eigenvalue weighted by Gasteiger charge is -2.20. The number of benzene rings is 1. The Balaban J connectivity index is 2.27. The molecule has 0 saturated heterocycles. The van der Waals surface area contributed by atoms with E-state index in [1.165, 1.54) is 5.56 Å². The third kappa shape index (κ3) is 2.25. The number of ether oxygens (including phenoxy) is 1. The van der Waals surface area contributed by atoms with Gasteiger partial charge in [-0.3, -0.25) is 0 Å². The maximum absolute atomic E-state index is 5.80. The van der Waals surface area contributed by atoms with Gasteiger partial charge in [-0.25, -0.2) is 0 Å². The van der Waals surface area contributed by atoms with Gasteiger partial charge in [-0.15, -0.1) is 0 Å². The monoisotopic (exact) mass is 205 g/mol. The van der Waals surface area contributed by atoms with Crippen LogP contribution in [0.15, 0.2) is 18.2 Å². The molecule has 1 aromatic rings. The normalized spacial score (nSPS) is 18.3. The Morgan fingerprint density at radius 1 is 1.40 bits per heavy atom. The zero-order valence-electron chi connectivity index (χ0n) is 9.76. The first-order valence-corrected chi connectivity index (χ1v) is 5.60. The molecule has 1 heterocycles. The predicted octanol–water partition coefficient (Wildman–Crippen LogP) is 3.08. The molecule has 2 heteroatoms. The number of hydrogen-bond acceptors (Lipinski definition) is 2. The van der Waals surface area contributed by atoms with Crippen LogP contribution in [-0.4, -0.2) is 13.2 Å². The lowest BCUT2D eigenvalue weighted by molar-refractivity contribution is 0.200. The fourth-order valence-electron chi connectivity index (χ4n) is 1.72. The van der Waals surface area contributed by atoms with Gasteiger partial charge in [0.05, 0.1) is 12.3 Å². The molecule has 2 rings (SSSR count). The molecule has 82 valence electrons. The standard InChI is InChI=1S/C13H19NO/c1-4-10-5-6-12-11(7-10)14-8-13(2,3)9-15-12/h5-7,14H,4,8-9H2,1-3H3. The smallest absolute Gasteiger partial charge is 0.142 e. The zero-order valence-corrected chi connectivity index (χ0v) is 9.76. The van der Waals surface area contributed by atoms with Gasteiger partial charge in [0.25, 0.3) is 0 Å². The third-order valence-electron chi connectivity index (χ3n) is 2.83. The van der Waals surface area contributed by atoms with Crippen molar-refractivity contribution < 1.29 is 4.74 Å². The van der Waals surface area contributed by atoms with E-state index in [-0.39, 0.29) is 5.41 Å². The van der Waals surface area contributed by atoms with Crippen LogP contribution < -0.4 is 10.1 Å². The molecule has 0 bridgehead atoms. The van der Waals surface area contributed by atoms with E-state index in [1.807, 2.05) is 0 Å². The SMILES string of the molecule is CCc1ccc2c(c1)NCC(C)(C)CO2. The van der Waals surface area contributed by atoms with Crippen molar-refractivity contribution in [2.24, 2.45) is 5.41 Å². The average molecular weight is 205 g/mol. The van der Waals surface area contributed by atoms with E-state index in [9.17, 15) is 0 Å². The van der Waals surface area contributed by atoms with E-state index < -0.39 is 0 Å². The predicted molar refractivity (Wildman–Crippen MR) is 63.6 cm³/mol. The first-order chi connectivity index (χ1) is 7.11. The van der Waals surface area contributed by atoms with Gasteiger partial charge >= 0.3 is 0 Å². The minimum atomic E-state index is 0.200. The van der Waals surface area contributed by atoms with Crippen molar-refractivity contribution in [2.75, 3.05) is 18.5 Å². The van der Waals surface area contributed by atoms with Crippen molar-refractivity contribution in [1.82, 2.24) is 0 Å². The zero-order chi connectivity index (χ0) is 10.9. The molecule has 0 aromatic heterocycles. The number of anilines is 1. The highest BCUT2D eigenvalue weighted by molar-refractivity contribution is 5.58. The summed E-state index contributed by atoms with van der Waals surface area (Å²) in [5.74, 6) is 0.984. The molecule has 0 amide bonds. The van der Waals surface area contributed by atoms with Crippen molar-refractivity contribution in [3.8, 4) is 5.75 Å². The van der Waals surface area contributed by atoms with E-state index in [0.29, 0.717) is 0 Å². The molecule has 1 aliphatic heterocycles. The average Bonchev–Trinajstić information content (AvgIpc) is 2.38. The van der Waals surface area contributed by atoms with E-state index in [4.69, 9.17) is 4.74 Å². The van der Waals surface area contributed by atoms with Gasteiger partial charge in [0, 0.05) is 12.0 Å². The molecule has 0 radical (unpaired) electrons. The van der Waals surface area contributed by atoms with Gasteiger partial charge in [-0.1, -0.05) is 26.8 Å². The minimum absolute atomic E-state index is 0.200. The number of hydrogen-bond donors (Lipinski definition) is 1. The van der Waals surface area contributed by atoms with Crippen molar-refractivity contribution in [2.45, 2.75) is 27.2 Å². The lowest BCUT2D eigenvalue weighted by atomic mass is 9.95. The second-order valence-electron chi connectivity index (χ2n) is 4.99. The summed E-state index contributed by atoms with van der Waals surface area (Å²) < 4.78 is 5.80. The van der Waals surface area contributed by atoms with E-state index in [1.54, 1.807) is 0 Å². The van der Waals surface area contributed by atoms with Crippen molar-refractivity contribution in [1.29, 1.82) is 0 Å². The first-order valence-electron chi connectivity index (χ1n) is 5.60. The van der Waals surface area contributed by atoms with Gasteiger partial charge in [-0.2, -0.15) is 0 Å². The van der Waals surface area contributed by atoms with Crippen molar-refractivity contribution in [3.63, 3.8) is 0 Å². The fourth-order valence-corrected chi connectivity index (χ4v) is 1.72. The second-order valence-corrected chi connectivity index (χ2v) is 4.99. The first kappa shape index (κ1) is 10.3. The molecule has 15 heavy (non-hydrogen) atoms. The Morgan fingerprint density at radius 3 is 2.93 bits per heavy atom. The summed E-state index contributed by atoms with van der Waals surface area (Å²) in [7, 11) is 0. The minimum Gasteiger partial charge on any atom is -0.491 e. The lowest BCUT2D eigenvalue weighted by Crippen LogP contribution is -2.27. The maximum Gasteiger partial charge on any atom is 0.142 e. The van der Waals surface area contributed by atoms with Gasteiger partial charge in [-0.05, 0) is 24.1 Å². The van der Waals surface area contributed by atoms with E-state index in [2.05, 4.69) is 44.3 Å². The Kier molecular flexibility index (Phi) is 2.59. The van der Waals surface area contributed by atoms with Gasteiger partial charge in [0.1, 0.15) is 5.75 Å². The Morgan fingerprint density at radius 2 is 2.20 bits per heavy atom. The second kappa shape index (κ2) is 3.76. The van der Waals surface area contributed by atoms with Crippen LogP contribution in [0.25, 0.3) is 0 Å². The van der Waals surface area contributed by atoms with Crippen LogP contribution in [0.4, 0.5) is 5.69 Å². The van der Waals surface area contributed by atoms with Crippen LogP contribution in [0, 0.1) is 5.41 Å². The fraction of sp³-hybridized carbons (Fsp3) is 0.538. The molecule has 1 aromatic carbocycles. The third-order valence-corrected chi connectivity index (χ3v) is 2.83. The Bertz CT molecular complexity index is 358. The molecule has 2 nitrogen and oxygen atoms in total. The summed E-state index contributed by atoms with van der Waals surface area (Å²) in [6, 6.07) is 6.40. The van der Waals surface area contributed by atoms with Crippen molar-refractivity contribution in [3.05, 3.63) is 23.8 Å². The largest absolute Gasteiger partial charge is 0.491 e. The molecular formula is C13H19NO. The summed E-state index contributed by atoms with van der Waals surface area (Å²) >= 11 is 0. The van der Waals surface area contributed by atoms with Crippen LogP contribution in [0.3, 0.4) is 0 Å². The van der Waals surface area contributed by atoms with E-state index >= 15 is 0 Å². The molecule has 0 spiro atoms. The van der Waals surface area contributed by atoms with Gasteiger partial charge in [0.15, 0.2) is 0 Å². The molecular weight excluding hydrogens is 186 g/mol. The molecule has 0 atom stereocenters. The molecule has 1 aliphatic rings. The molecule has 0 aliphatic carbocycles. The van der Waals surface area contributed by atoms with Crippen LogP contribution in [0.1, 0.15) is 26.3 Å². The highest BCUT2D eigenvalue weighted by atomic mass is 16.5. The highest BCUT2D eigenvalue weighted by Gasteiger charge is 2.23. The molecule has 0 fully saturated rings. The summed E-state index contributed by atoms with van der Waals surface area (Å²) in [5, 5.41) is 3.47. The van der Waals surface area contributed by atoms with E-state index in [0.717, 1.165) is 31.0 Å². The van der Waals surface area contributed by atoms with Crippen LogP contribution in [0.2, 0.25) is 0 Å². The quantitative estimate of drug-likeness (QED) is 0.760. The van der Waals surface area contributed by atoms with Crippen LogP contribution in [0.5, 0.6) is 5.75 Å². The summed E-state index contributed by atoms with van der Waals surface area (Å²) in [5.41, 5.74) is 2.69. The molecule has 0 saturated carbocycles. The summed E-state index contributed by atoms with van der Waals surface area (Å²) in [4.78, 5) is 0. The summed E-state index contributed by atoms with van der Waals surface area (Å²) in [6.07, 6.45) is 1.07. The Labute approximate surface area is 91.6 Å². The van der Waals surface area contributed by atoms with Crippen molar-refractivity contribution >= 4 is 5.69 Å². The van der Waals surface area contributed by atoms with Crippen LogP contribution >= 0.6 is 0 Å². The maximum atomic E-state index is 5.80.